The lowest BCUT2D eigenvalue weighted by Crippen LogP contribution is -2.03. The van der Waals surface area contributed by atoms with Crippen LogP contribution < -0.4 is 0 Å². The minimum Gasteiger partial charge on any atom is -0.478 e. The van der Waals surface area contributed by atoms with Gasteiger partial charge in [0.2, 0.25) is 0 Å². The highest BCUT2D eigenvalue weighted by Crippen LogP contribution is 2.11. The van der Waals surface area contributed by atoms with Crippen molar-refractivity contribution < 1.29 is 18.9 Å². The first-order valence-corrected chi connectivity index (χ1v) is 5.23. The van der Waals surface area contributed by atoms with Crippen LogP contribution in [0.15, 0.2) is 24.3 Å². The lowest BCUT2D eigenvalue weighted by molar-refractivity contribution is 0.0697. The Bertz CT molecular complexity index is 381. The van der Waals surface area contributed by atoms with Crippen LogP contribution in [0.3, 0.4) is 0 Å². The molecule has 0 radical (unpaired) electrons. The summed E-state index contributed by atoms with van der Waals surface area (Å²) in [4.78, 5) is 22.0. The molecule has 1 aromatic rings. The standard InChI is InChI=1S/C10H10O4S.Mg.2H/c1-2-15-14-10(13)8-5-3-4-7(6-8)9(11)12;;;/h3-6H,2H2,1H3,(H,11,12);;;. The summed E-state index contributed by atoms with van der Waals surface area (Å²) in [5.41, 5.74) is 0.321. The first-order valence-electron chi connectivity index (χ1n) is 4.32. The normalized spacial score (nSPS) is 9.06. The first-order chi connectivity index (χ1) is 7.15. The van der Waals surface area contributed by atoms with Crippen molar-refractivity contribution in [2.24, 2.45) is 0 Å². The second-order valence-electron chi connectivity index (χ2n) is 2.66. The van der Waals surface area contributed by atoms with Gasteiger partial charge in [-0.25, -0.2) is 9.59 Å². The van der Waals surface area contributed by atoms with Gasteiger partial charge in [-0.2, -0.15) is 0 Å². The number of hydrogen-bond acceptors (Lipinski definition) is 4. The van der Waals surface area contributed by atoms with Crippen LogP contribution in [0.4, 0.5) is 0 Å². The predicted octanol–water partition coefficient (Wildman–Crippen LogP) is 1.29. The Kier molecular flexibility index (Phi) is 7.19. The summed E-state index contributed by atoms with van der Waals surface area (Å²) in [6.45, 7) is 1.85. The van der Waals surface area contributed by atoms with Gasteiger partial charge in [0, 0.05) is 5.75 Å². The van der Waals surface area contributed by atoms with E-state index in [1.54, 1.807) is 0 Å². The molecular weight excluding hydrogens is 240 g/mol. The molecule has 0 aliphatic carbocycles. The van der Waals surface area contributed by atoms with E-state index in [2.05, 4.69) is 0 Å². The van der Waals surface area contributed by atoms with E-state index in [0.717, 1.165) is 12.0 Å². The average molecular weight is 253 g/mol. The largest absolute Gasteiger partial charge is 0.478 e. The van der Waals surface area contributed by atoms with Crippen molar-refractivity contribution >= 4 is 47.0 Å². The summed E-state index contributed by atoms with van der Waals surface area (Å²) in [5.74, 6) is -0.928. The molecule has 0 fully saturated rings. The van der Waals surface area contributed by atoms with Gasteiger partial charge in [-0.15, -0.1) is 0 Å². The number of benzene rings is 1. The second kappa shape index (κ2) is 7.53. The van der Waals surface area contributed by atoms with Crippen molar-refractivity contribution in [3.8, 4) is 0 Å². The quantitative estimate of drug-likeness (QED) is 0.646. The van der Waals surface area contributed by atoms with Gasteiger partial charge in [0.25, 0.3) is 0 Å². The first kappa shape index (κ1) is 15.3. The Morgan fingerprint density at radius 1 is 1.38 bits per heavy atom. The highest BCUT2D eigenvalue weighted by molar-refractivity contribution is 7.95. The SMILES string of the molecule is CCSOC(=O)c1cccc(C(=O)O)c1.[MgH2]. The van der Waals surface area contributed by atoms with Gasteiger partial charge in [0.1, 0.15) is 0 Å². The molecule has 4 nitrogen and oxygen atoms in total. The van der Waals surface area contributed by atoms with E-state index >= 15 is 0 Å². The average Bonchev–Trinajstić information content (AvgIpc) is 2.26. The number of aromatic carboxylic acids is 1. The van der Waals surface area contributed by atoms with Crippen LogP contribution >= 0.6 is 12.0 Å². The molecule has 0 heterocycles. The third-order valence-corrected chi connectivity index (χ3v) is 2.10. The van der Waals surface area contributed by atoms with Gasteiger partial charge in [0.15, 0.2) is 0 Å². The zero-order chi connectivity index (χ0) is 11.3. The van der Waals surface area contributed by atoms with E-state index in [-0.39, 0.29) is 34.2 Å². The molecular formula is C10H12MgO4S. The van der Waals surface area contributed by atoms with Gasteiger partial charge in [0.05, 0.1) is 23.2 Å². The van der Waals surface area contributed by atoms with Crippen molar-refractivity contribution in [1.82, 2.24) is 0 Å². The molecule has 16 heavy (non-hydrogen) atoms. The maximum Gasteiger partial charge on any atom is 0.350 e. The Labute approximate surface area is 114 Å². The van der Waals surface area contributed by atoms with E-state index in [9.17, 15) is 9.59 Å². The molecule has 84 valence electrons. The van der Waals surface area contributed by atoms with Crippen molar-refractivity contribution in [2.45, 2.75) is 6.92 Å². The molecule has 0 amide bonds. The molecule has 6 heteroatoms. The van der Waals surface area contributed by atoms with Crippen molar-refractivity contribution in [2.75, 3.05) is 5.75 Å². The van der Waals surface area contributed by atoms with Crippen molar-refractivity contribution in [3.05, 3.63) is 35.4 Å². The van der Waals surface area contributed by atoms with Crippen molar-refractivity contribution in [3.63, 3.8) is 0 Å². The van der Waals surface area contributed by atoms with Crippen molar-refractivity contribution in [1.29, 1.82) is 0 Å². The third-order valence-electron chi connectivity index (χ3n) is 1.60. The lowest BCUT2D eigenvalue weighted by Gasteiger charge is -2.01. The maximum atomic E-state index is 11.3. The van der Waals surface area contributed by atoms with E-state index in [4.69, 9.17) is 9.29 Å². The van der Waals surface area contributed by atoms with E-state index in [1.165, 1.54) is 24.3 Å². The molecule has 1 aromatic carbocycles. The summed E-state index contributed by atoms with van der Waals surface area (Å²) in [6, 6.07) is 5.74. The fourth-order valence-electron chi connectivity index (χ4n) is 0.940. The fraction of sp³-hybridized carbons (Fsp3) is 0.200. The van der Waals surface area contributed by atoms with E-state index in [1.807, 2.05) is 6.92 Å². The second-order valence-corrected chi connectivity index (χ2v) is 3.64. The molecule has 0 aliphatic rings. The summed E-state index contributed by atoms with van der Waals surface area (Å²) in [6.07, 6.45) is 0. The minimum atomic E-state index is -1.06. The molecule has 0 atom stereocenters. The molecule has 1 N–H and O–H groups in total. The van der Waals surface area contributed by atoms with Gasteiger partial charge < -0.3 is 9.29 Å². The van der Waals surface area contributed by atoms with Crippen LogP contribution in [0.1, 0.15) is 27.6 Å². The Morgan fingerprint density at radius 2 is 2.00 bits per heavy atom. The maximum absolute atomic E-state index is 11.3. The van der Waals surface area contributed by atoms with Crippen LogP contribution in [0, 0.1) is 0 Å². The van der Waals surface area contributed by atoms with Crippen LogP contribution in [0.5, 0.6) is 0 Å². The van der Waals surface area contributed by atoms with Crippen LogP contribution in [0.25, 0.3) is 0 Å². The summed E-state index contributed by atoms with van der Waals surface area (Å²) >= 11 is 1.03. The molecule has 0 unspecified atom stereocenters. The topological polar surface area (TPSA) is 63.6 Å². The van der Waals surface area contributed by atoms with Gasteiger partial charge >= 0.3 is 35.0 Å². The van der Waals surface area contributed by atoms with Gasteiger partial charge in [-0.3, -0.25) is 0 Å². The zero-order valence-corrected chi connectivity index (χ0v) is 8.91. The molecule has 0 bridgehead atoms. The highest BCUT2D eigenvalue weighted by Gasteiger charge is 2.10. The molecule has 0 spiro atoms. The van der Waals surface area contributed by atoms with Crippen LogP contribution in [-0.4, -0.2) is 45.9 Å². The lowest BCUT2D eigenvalue weighted by atomic mass is 10.1. The number of carbonyl (C=O) groups is 2. The summed E-state index contributed by atoms with van der Waals surface area (Å²) in [7, 11) is 0. The van der Waals surface area contributed by atoms with E-state index < -0.39 is 11.9 Å². The van der Waals surface area contributed by atoms with Gasteiger partial charge in [-0.05, 0) is 18.2 Å². The summed E-state index contributed by atoms with van der Waals surface area (Å²) < 4.78 is 4.80. The Balaban J connectivity index is 0.00000225. The number of carbonyl (C=O) groups excluding carboxylic acids is 1. The molecule has 1 rings (SSSR count). The number of carboxylic acids is 1. The number of rotatable bonds is 4. The predicted molar refractivity (Wildman–Crippen MR) is 65.5 cm³/mol. The van der Waals surface area contributed by atoms with E-state index in [0.29, 0.717) is 5.75 Å². The van der Waals surface area contributed by atoms with Crippen LogP contribution in [-0.2, 0) is 4.18 Å². The third kappa shape index (κ3) is 4.42. The monoisotopic (exact) mass is 252 g/mol. The number of carboxylic acid groups (broad SMARTS) is 1. The number of hydrogen-bond donors (Lipinski definition) is 1. The smallest absolute Gasteiger partial charge is 0.350 e. The molecule has 0 aromatic heterocycles. The molecule has 0 aliphatic heterocycles. The van der Waals surface area contributed by atoms with Crippen LogP contribution in [0.2, 0.25) is 0 Å². The van der Waals surface area contributed by atoms with Gasteiger partial charge in [-0.1, -0.05) is 13.0 Å². The summed E-state index contributed by atoms with van der Waals surface area (Å²) in [5, 5.41) is 8.71. The molecule has 0 saturated carbocycles. The zero-order valence-electron chi connectivity index (χ0n) is 8.10. The highest BCUT2D eigenvalue weighted by atomic mass is 32.2. The Morgan fingerprint density at radius 3 is 2.56 bits per heavy atom. The Hall–Kier alpha value is -0.724. The fourth-order valence-corrected chi connectivity index (χ4v) is 1.26. The minimum absolute atomic E-state index is 0. The molecule has 0 saturated heterocycles.